The molecular formula is C16H25BrN2. The number of hydrogen-bond donors (Lipinski definition) is 1. The molecule has 1 saturated heterocycles. The van der Waals surface area contributed by atoms with Crippen molar-refractivity contribution in [3.05, 3.63) is 28.2 Å². The molecule has 1 aromatic carbocycles. The van der Waals surface area contributed by atoms with E-state index in [1.54, 1.807) is 0 Å². The van der Waals surface area contributed by atoms with Gasteiger partial charge in [-0.3, -0.25) is 0 Å². The van der Waals surface area contributed by atoms with Gasteiger partial charge < -0.3 is 10.2 Å². The van der Waals surface area contributed by atoms with Crippen molar-refractivity contribution in [2.24, 2.45) is 5.92 Å². The van der Waals surface area contributed by atoms with Crippen molar-refractivity contribution in [2.75, 3.05) is 24.5 Å². The second kappa shape index (κ2) is 6.76. The molecule has 1 heterocycles. The molecular weight excluding hydrogens is 300 g/mol. The average molecular weight is 325 g/mol. The molecule has 1 N–H and O–H groups in total. The fourth-order valence-electron chi connectivity index (χ4n) is 2.82. The predicted molar refractivity (Wildman–Crippen MR) is 86.8 cm³/mol. The lowest BCUT2D eigenvalue weighted by molar-refractivity contribution is 0.437. The average Bonchev–Trinajstić information content (AvgIpc) is 2.39. The fraction of sp³-hybridized carbons (Fsp3) is 0.625. The second-order valence-electron chi connectivity index (χ2n) is 5.65. The maximum absolute atomic E-state index is 3.62. The first kappa shape index (κ1) is 14.9. The van der Waals surface area contributed by atoms with Gasteiger partial charge in [0.1, 0.15) is 0 Å². The van der Waals surface area contributed by atoms with Crippen LogP contribution in [0.5, 0.6) is 0 Å². The number of rotatable bonds is 4. The van der Waals surface area contributed by atoms with Crippen LogP contribution in [0.25, 0.3) is 0 Å². The van der Waals surface area contributed by atoms with Crippen LogP contribution in [0.4, 0.5) is 5.69 Å². The van der Waals surface area contributed by atoms with E-state index < -0.39 is 0 Å². The van der Waals surface area contributed by atoms with Gasteiger partial charge in [0.25, 0.3) is 0 Å². The highest BCUT2D eigenvalue weighted by Crippen LogP contribution is 2.32. The molecule has 0 aromatic heterocycles. The highest BCUT2D eigenvalue weighted by atomic mass is 79.9. The van der Waals surface area contributed by atoms with Crippen LogP contribution in [0.2, 0.25) is 0 Å². The van der Waals surface area contributed by atoms with Crippen molar-refractivity contribution in [2.45, 2.75) is 39.7 Å². The van der Waals surface area contributed by atoms with E-state index in [9.17, 15) is 0 Å². The van der Waals surface area contributed by atoms with E-state index >= 15 is 0 Å². The van der Waals surface area contributed by atoms with Gasteiger partial charge in [-0.1, -0.05) is 35.8 Å². The molecule has 19 heavy (non-hydrogen) atoms. The van der Waals surface area contributed by atoms with Crippen molar-refractivity contribution in [3.63, 3.8) is 0 Å². The van der Waals surface area contributed by atoms with Gasteiger partial charge in [0.2, 0.25) is 0 Å². The van der Waals surface area contributed by atoms with E-state index in [2.05, 4.69) is 65.1 Å². The highest BCUT2D eigenvalue weighted by molar-refractivity contribution is 9.10. The first-order valence-electron chi connectivity index (χ1n) is 7.39. The third-order valence-electron chi connectivity index (χ3n) is 4.09. The molecule has 0 aliphatic carbocycles. The quantitative estimate of drug-likeness (QED) is 0.885. The van der Waals surface area contributed by atoms with E-state index in [-0.39, 0.29) is 0 Å². The maximum atomic E-state index is 3.62. The Hall–Kier alpha value is -0.540. The summed E-state index contributed by atoms with van der Waals surface area (Å²) < 4.78 is 1.17. The summed E-state index contributed by atoms with van der Waals surface area (Å²) in [6.07, 6.45) is 2.61. The van der Waals surface area contributed by atoms with Gasteiger partial charge in [-0.2, -0.15) is 0 Å². The van der Waals surface area contributed by atoms with Gasteiger partial charge in [0.15, 0.2) is 0 Å². The molecule has 0 saturated carbocycles. The Balaban J connectivity index is 2.24. The Morgan fingerprint density at radius 1 is 1.37 bits per heavy atom. The van der Waals surface area contributed by atoms with Crippen LogP contribution in [0.15, 0.2) is 22.7 Å². The molecule has 1 fully saturated rings. The molecule has 2 nitrogen and oxygen atoms in total. The Morgan fingerprint density at radius 2 is 2.05 bits per heavy atom. The van der Waals surface area contributed by atoms with E-state index in [4.69, 9.17) is 0 Å². The molecule has 2 rings (SSSR count). The minimum Gasteiger partial charge on any atom is -0.371 e. The van der Waals surface area contributed by atoms with Crippen LogP contribution in [0.1, 0.15) is 45.2 Å². The van der Waals surface area contributed by atoms with E-state index in [1.807, 2.05) is 0 Å². The summed E-state index contributed by atoms with van der Waals surface area (Å²) in [5, 5.41) is 3.53. The topological polar surface area (TPSA) is 15.3 Å². The van der Waals surface area contributed by atoms with Crippen LogP contribution < -0.4 is 10.2 Å². The summed E-state index contributed by atoms with van der Waals surface area (Å²) in [5.74, 6) is 0.873. The number of benzene rings is 1. The Labute approximate surface area is 125 Å². The molecule has 1 atom stereocenters. The summed E-state index contributed by atoms with van der Waals surface area (Å²) >= 11 is 3.62. The molecule has 1 unspecified atom stereocenters. The molecule has 0 bridgehead atoms. The highest BCUT2D eigenvalue weighted by Gasteiger charge is 2.20. The zero-order valence-corrected chi connectivity index (χ0v) is 13.8. The summed E-state index contributed by atoms with van der Waals surface area (Å²) in [5.41, 5.74) is 2.81. The molecule has 1 aliphatic rings. The van der Waals surface area contributed by atoms with Crippen LogP contribution in [0, 0.1) is 5.92 Å². The standard InChI is InChI=1S/C16H25BrN2/c1-4-18-13(3)15-6-5-14(17)11-16(15)19-9-7-12(2)8-10-19/h5-6,11-13,18H,4,7-10H2,1-3H3. The van der Waals surface area contributed by atoms with Crippen molar-refractivity contribution >= 4 is 21.6 Å². The molecule has 0 spiro atoms. The molecule has 1 aliphatic heterocycles. The van der Waals surface area contributed by atoms with Crippen molar-refractivity contribution < 1.29 is 0 Å². The van der Waals surface area contributed by atoms with Crippen molar-refractivity contribution in [1.29, 1.82) is 0 Å². The number of anilines is 1. The maximum Gasteiger partial charge on any atom is 0.0425 e. The lowest BCUT2D eigenvalue weighted by atomic mass is 9.97. The molecule has 3 heteroatoms. The van der Waals surface area contributed by atoms with Crippen LogP contribution in [0.3, 0.4) is 0 Å². The van der Waals surface area contributed by atoms with Gasteiger partial charge in [0, 0.05) is 29.3 Å². The number of nitrogens with zero attached hydrogens (tertiary/aromatic N) is 1. The molecule has 1 aromatic rings. The Bertz CT molecular complexity index is 411. The van der Waals surface area contributed by atoms with Gasteiger partial charge >= 0.3 is 0 Å². The van der Waals surface area contributed by atoms with E-state index in [0.717, 1.165) is 12.5 Å². The minimum absolute atomic E-state index is 0.410. The molecule has 0 radical (unpaired) electrons. The first-order valence-corrected chi connectivity index (χ1v) is 8.19. The van der Waals surface area contributed by atoms with Gasteiger partial charge in [-0.25, -0.2) is 0 Å². The van der Waals surface area contributed by atoms with Crippen LogP contribution in [-0.4, -0.2) is 19.6 Å². The summed E-state index contributed by atoms with van der Waals surface area (Å²) in [6.45, 7) is 10.2. The smallest absolute Gasteiger partial charge is 0.0425 e. The fourth-order valence-corrected chi connectivity index (χ4v) is 3.17. The lowest BCUT2D eigenvalue weighted by Crippen LogP contribution is -2.34. The van der Waals surface area contributed by atoms with E-state index in [0.29, 0.717) is 6.04 Å². The van der Waals surface area contributed by atoms with Gasteiger partial charge in [0.05, 0.1) is 0 Å². The van der Waals surface area contributed by atoms with E-state index in [1.165, 1.54) is 41.7 Å². The zero-order chi connectivity index (χ0) is 13.8. The molecule has 106 valence electrons. The van der Waals surface area contributed by atoms with Crippen LogP contribution in [-0.2, 0) is 0 Å². The second-order valence-corrected chi connectivity index (χ2v) is 6.57. The van der Waals surface area contributed by atoms with Crippen LogP contribution >= 0.6 is 15.9 Å². The monoisotopic (exact) mass is 324 g/mol. The minimum atomic E-state index is 0.410. The normalized spacial score (nSPS) is 18.6. The predicted octanol–water partition coefficient (Wildman–Crippen LogP) is 4.36. The Morgan fingerprint density at radius 3 is 2.68 bits per heavy atom. The summed E-state index contributed by atoms with van der Waals surface area (Å²) in [4.78, 5) is 2.55. The van der Waals surface area contributed by atoms with Crippen molar-refractivity contribution in [3.8, 4) is 0 Å². The summed E-state index contributed by atoms with van der Waals surface area (Å²) in [6, 6.07) is 7.09. The third kappa shape index (κ3) is 3.73. The Kier molecular flexibility index (Phi) is 5.28. The summed E-state index contributed by atoms with van der Waals surface area (Å²) in [7, 11) is 0. The van der Waals surface area contributed by atoms with Crippen molar-refractivity contribution in [1.82, 2.24) is 5.32 Å². The SMILES string of the molecule is CCNC(C)c1ccc(Br)cc1N1CCC(C)CC1. The number of nitrogens with one attached hydrogen (secondary N) is 1. The third-order valence-corrected chi connectivity index (χ3v) is 4.59. The van der Waals surface area contributed by atoms with Gasteiger partial charge in [-0.05, 0) is 49.9 Å². The first-order chi connectivity index (χ1) is 9.11. The van der Waals surface area contributed by atoms with Gasteiger partial charge in [-0.15, -0.1) is 0 Å². The largest absolute Gasteiger partial charge is 0.371 e. The number of hydrogen-bond acceptors (Lipinski definition) is 2. The molecule has 0 amide bonds. The lowest BCUT2D eigenvalue weighted by Gasteiger charge is -2.34. The number of halogens is 1. The number of piperidine rings is 1. The zero-order valence-electron chi connectivity index (χ0n) is 12.2.